The largest absolute Gasteiger partial charge is 0.366 e. The molecule has 5 heteroatoms. The van der Waals surface area contributed by atoms with E-state index in [0.717, 1.165) is 34.5 Å². The highest BCUT2D eigenvalue weighted by molar-refractivity contribution is 9.10. The van der Waals surface area contributed by atoms with Crippen LogP contribution in [0.2, 0.25) is 0 Å². The van der Waals surface area contributed by atoms with E-state index in [1.807, 2.05) is 17.8 Å². The van der Waals surface area contributed by atoms with Gasteiger partial charge in [0.15, 0.2) is 0 Å². The minimum atomic E-state index is -0.209. The summed E-state index contributed by atoms with van der Waals surface area (Å²) >= 11 is 3.62. The summed E-state index contributed by atoms with van der Waals surface area (Å²) in [4.78, 5) is 2.13. The Morgan fingerprint density at radius 2 is 2.10 bits per heavy atom. The summed E-state index contributed by atoms with van der Waals surface area (Å²) in [6.07, 6.45) is 0.889. The quantitative estimate of drug-likeness (QED) is 0.823. The summed E-state index contributed by atoms with van der Waals surface area (Å²) in [6, 6.07) is 6.70. The summed E-state index contributed by atoms with van der Waals surface area (Å²) in [5, 5.41) is 4.50. The molecule has 0 aliphatic rings. The van der Waals surface area contributed by atoms with E-state index in [-0.39, 0.29) is 5.82 Å². The highest BCUT2D eigenvalue weighted by Crippen LogP contribution is 2.25. The molecule has 2 rings (SSSR count). The van der Waals surface area contributed by atoms with Gasteiger partial charge in [0.05, 0.1) is 22.4 Å². The van der Waals surface area contributed by atoms with E-state index >= 15 is 0 Å². The highest BCUT2D eigenvalue weighted by atomic mass is 79.9. The molecule has 0 N–H and O–H groups in total. The average Bonchev–Trinajstić information content (AvgIpc) is 2.71. The Hall–Kier alpha value is -1.36. The van der Waals surface area contributed by atoms with E-state index in [1.54, 1.807) is 12.1 Å². The number of anilines is 1. The van der Waals surface area contributed by atoms with Crippen LogP contribution < -0.4 is 4.90 Å². The van der Waals surface area contributed by atoms with Crippen molar-refractivity contribution < 1.29 is 4.39 Å². The van der Waals surface area contributed by atoms with E-state index in [1.165, 1.54) is 6.07 Å². The number of hydrogen-bond acceptors (Lipinski definition) is 2. The summed E-state index contributed by atoms with van der Waals surface area (Å²) in [6.45, 7) is 5.66. The first kappa shape index (κ1) is 15.0. The minimum absolute atomic E-state index is 0.209. The standard InChI is InChI=1S/C15H19BrFN3/c1-4-13-15(16)14(19(3)18-13)10-20(5-2)12-8-6-7-11(17)9-12/h6-9H,4-5,10H2,1-3H3. The van der Waals surface area contributed by atoms with Crippen LogP contribution in [0.4, 0.5) is 10.1 Å². The van der Waals surface area contributed by atoms with E-state index < -0.39 is 0 Å². The van der Waals surface area contributed by atoms with Crippen LogP contribution in [0.3, 0.4) is 0 Å². The molecule has 2 aromatic rings. The molecule has 0 radical (unpaired) electrons. The summed E-state index contributed by atoms with van der Waals surface area (Å²) < 4.78 is 16.3. The molecule has 0 atom stereocenters. The second-order valence-corrected chi connectivity index (χ2v) is 5.47. The second kappa shape index (κ2) is 6.39. The fraction of sp³-hybridized carbons (Fsp3) is 0.400. The second-order valence-electron chi connectivity index (χ2n) is 4.68. The lowest BCUT2D eigenvalue weighted by Gasteiger charge is -2.23. The van der Waals surface area contributed by atoms with Crippen molar-refractivity contribution in [3.63, 3.8) is 0 Å². The Balaban J connectivity index is 2.29. The molecular formula is C15H19BrFN3. The Morgan fingerprint density at radius 1 is 1.35 bits per heavy atom. The van der Waals surface area contributed by atoms with Crippen LogP contribution in [0.15, 0.2) is 28.7 Å². The molecule has 0 saturated heterocycles. The maximum atomic E-state index is 13.4. The van der Waals surface area contributed by atoms with Gasteiger partial charge in [-0.05, 0) is 47.5 Å². The first-order valence-corrected chi connectivity index (χ1v) is 7.56. The third-order valence-electron chi connectivity index (χ3n) is 3.40. The molecule has 20 heavy (non-hydrogen) atoms. The molecule has 0 saturated carbocycles. The van der Waals surface area contributed by atoms with E-state index in [9.17, 15) is 4.39 Å². The van der Waals surface area contributed by atoms with E-state index in [0.29, 0.717) is 6.54 Å². The Kier molecular flexibility index (Phi) is 4.81. The Labute approximate surface area is 127 Å². The number of aromatic nitrogens is 2. The molecule has 0 spiro atoms. The average molecular weight is 340 g/mol. The van der Waals surface area contributed by atoms with Crippen molar-refractivity contribution in [1.82, 2.24) is 9.78 Å². The van der Waals surface area contributed by atoms with Gasteiger partial charge in [-0.2, -0.15) is 5.10 Å². The highest BCUT2D eigenvalue weighted by Gasteiger charge is 2.15. The summed E-state index contributed by atoms with van der Waals surface area (Å²) in [7, 11) is 1.94. The van der Waals surface area contributed by atoms with Crippen molar-refractivity contribution >= 4 is 21.6 Å². The zero-order valence-corrected chi connectivity index (χ0v) is 13.6. The Morgan fingerprint density at radius 3 is 2.65 bits per heavy atom. The molecule has 0 aliphatic heterocycles. The van der Waals surface area contributed by atoms with Crippen molar-refractivity contribution in [2.24, 2.45) is 7.05 Å². The van der Waals surface area contributed by atoms with Crippen molar-refractivity contribution in [3.05, 3.63) is 45.9 Å². The molecule has 3 nitrogen and oxygen atoms in total. The first-order chi connectivity index (χ1) is 9.56. The number of rotatable bonds is 5. The van der Waals surface area contributed by atoms with Crippen LogP contribution in [0, 0.1) is 5.82 Å². The lowest BCUT2D eigenvalue weighted by Crippen LogP contribution is -2.23. The van der Waals surface area contributed by atoms with Gasteiger partial charge in [-0.25, -0.2) is 4.39 Å². The Bertz CT molecular complexity index is 595. The molecule has 0 fully saturated rings. The summed E-state index contributed by atoms with van der Waals surface area (Å²) in [5.74, 6) is -0.209. The molecule has 0 amide bonds. The molecule has 0 bridgehead atoms. The molecule has 0 aliphatic carbocycles. The zero-order valence-electron chi connectivity index (χ0n) is 12.0. The maximum Gasteiger partial charge on any atom is 0.125 e. The molecule has 1 aromatic carbocycles. The number of benzene rings is 1. The van der Waals surface area contributed by atoms with Crippen LogP contribution in [-0.2, 0) is 20.0 Å². The number of halogens is 2. The SMILES string of the molecule is CCc1nn(C)c(CN(CC)c2cccc(F)c2)c1Br. The van der Waals surface area contributed by atoms with Crippen LogP contribution in [0.5, 0.6) is 0 Å². The van der Waals surface area contributed by atoms with Gasteiger partial charge in [-0.15, -0.1) is 0 Å². The third-order valence-corrected chi connectivity index (χ3v) is 4.31. The zero-order chi connectivity index (χ0) is 14.7. The fourth-order valence-corrected chi connectivity index (χ4v) is 2.97. The molecular weight excluding hydrogens is 321 g/mol. The van der Waals surface area contributed by atoms with Gasteiger partial charge < -0.3 is 4.90 Å². The van der Waals surface area contributed by atoms with Crippen molar-refractivity contribution in [3.8, 4) is 0 Å². The van der Waals surface area contributed by atoms with E-state index in [4.69, 9.17) is 0 Å². The molecule has 1 heterocycles. The monoisotopic (exact) mass is 339 g/mol. The van der Waals surface area contributed by atoms with Crippen LogP contribution in [-0.4, -0.2) is 16.3 Å². The van der Waals surface area contributed by atoms with Crippen LogP contribution in [0.25, 0.3) is 0 Å². The predicted molar refractivity (Wildman–Crippen MR) is 83.4 cm³/mol. The predicted octanol–water partition coefficient (Wildman–Crippen LogP) is 3.91. The molecule has 108 valence electrons. The smallest absolute Gasteiger partial charge is 0.125 e. The van der Waals surface area contributed by atoms with E-state index in [2.05, 4.69) is 39.8 Å². The number of hydrogen-bond donors (Lipinski definition) is 0. The van der Waals surface area contributed by atoms with Gasteiger partial charge in [0, 0.05) is 19.3 Å². The van der Waals surface area contributed by atoms with Gasteiger partial charge in [0.1, 0.15) is 5.82 Å². The third kappa shape index (κ3) is 3.03. The molecule has 0 unspecified atom stereocenters. The van der Waals surface area contributed by atoms with Gasteiger partial charge in [-0.3, -0.25) is 4.68 Å². The van der Waals surface area contributed by atoms with Crippen molar-refractivity contribution in [2.75, 3.05) is 11.4 Å². The lowest BCUT2D eigenvalue weighted by atomic mass is 10.2. The number of aryl methyl sites for hydroxylation is 2. The first-order valence-electron chi connectivity index (χ1n) is 6.77. The van der Waals surface area contributed by atoms with Crippen molar-refractivity contribution in [2.45, 2.75) is 26.8 Å². The van der Waals surface area contributed by atoms with Gasteiger partial charge >= 0.3 is 0 Å². The summed E-state index contributed by atoms with van der Waals surface area (Å²) in [5.41, 5.74) is 3.05. The maximum absolute atomic E-state index is 13.4. The van der Waals surface area contributed by atoms with Gasteiger partial charge in [0.25, 0.3) is 0 Å². The minimum Gasteiger partial charge on any atom is -0.366 e. The van der Waals surface area contributed by atoms with Gasteiger partial charge in [-0.1, -0.05) is 13.0 Å². The van der Waals surface area contributed by atoms with Crippen LogP contribution in [0.1, 0.15) is 25.2 Å². The van der Waals surface area contributed by atoms with Crippen molar-refractivity contribution in [1.29, 1.82) is 0 Å². The fourth-order valence-electron chi connectivity index (χ4n) is 2.23. The molecule has 1 aromatic heterocycles. The van der Waals surface area contributed by atoms with Crippen LogP contribution >= 0.6 is 15.9 Å². The lowest BCUT2D eigenvalue weighted by molar-refractivity contribution is 0.625. The van der Waals surface area contributed by atoms with Gasteiger partial charge in [0.2, 0.25) is 0 Å². The normalized spacial score (nSPS) is 10.8. The topological polar surface area (TPSA) is 21.1 Å². The number of nitrogens with zero attached hydrogens (tertiary/aromatic N) is 3.